The molecular formula is C61H109N11O12. The Hall–Kier alpha value is -6.13. The molecule has 5 N–H and O–H groups in total. The van der Waals surface area contributed by atoms with E-state index in [2.05, 4.69) is 21.3 Å². The Bertz CT molecular complexity index is 2310. The number of hydrogen-bond donors (Lipinski definition) is 5. The van der Waals surface area contributed by atoms with Crippen LogP contribution in [0.5, 0.6) is 0 Å². The van der Waals surface area contributed by atoms with Gasteiger partial charge < -0.3 is 60.7 Å². The summed E-state index contributed by atoms with van der Waals surface area (Å²) in [6.45, 7) is 29.0. The number of aliphatic hydroxyl groups is 1. The quantitative estimate of drug-likeness (QED) is 0.157. The van der Waals surface area contributed by atoms with Crippen molar-refractivity contribution in [2.75, 3.05) is 55.9 Å². The summed E-state index contributed by atoms with van der Waals surface area (Å²) < 4.78 is 0. The Morgan fingerprint density at radius 3 is 1.26 bits per heavy atom. The van der Waals surface area contributed by atoms with Crippen molar-refractivity contribution in [2.45, 2.75) is 216 Å². The Balaban J connectivity index is 4.28. The van der Waals surface area contributed by atoms with Crippen LogP contribution in [0.25, 0.3) is 0 Å². The first-order chi connectivity index (χ1) is 38.7. The summed E-state index contributed by atoms with van der Waals surface area (Å²) in [6.07, 6.45) is 3.00. The standard InChI is InChI=1S/C61H109N11O12/c1-25-26-27-39(14)51(74)50-55(78)64-41(16)56(79)66(18)32-47(73)67(19)43(28-33(2)3)54(77)65-48(37(10)11)60(83)68(20)44(29-34(4)5)53(76)62-40(15)52(75)63-42(17)57(80)69(21)45(30-35(6)7)58(81)70(22)46(31-36(8)9)59(82)71(23)49(38(12)13)61(84)72(50)24/h25-26,33-46,48-51,74H,27-32H2,1-24H3,(H,62,76)(H,63,75)(H,64,78)(H,65,77)/b26-25+. The second-order valence-corrected chi connectivity index (χ2v) is 25.9. The van der Waals surface area contributed by atoms with Crippen LogP contribution in [0.2, 0.25) is 0 Å². The summed E-state index contributed by atoms with van der Waals surface area (Å²) in [4.78, 5) is 168. The van der Waals surface area contributed by atoms with Crippen molar-refractivity contribution < 1.29 is 57.8 Å². The summed E-state index contributed by atoms with van der Waals surface area (Å²) in [5, 5.41) is 22.9. The molecule has 1 aliphatic rings. The number of aliphatic hydroxyl groups excluding tert-OH is 1. The summed E-state index contributed by atoms with van der Waals surface area (Å²) in [5.41, 5.74) is 0. The molecule has 84 heavy (non-hydrogen) atoms. The van der Waals surface area contributed by atoms with E-state index in [1.807, 2.05) is 55.4 Å². The molecule has 23 nitrogen and oxygen atoms in total. The van der Waals surface area contributed by atoms with Crippen LogP contribution in [0.4, 0.5) is 0 Å². The molecule has 0 radical (unpaired) electrons. The van der Waals surface area contributed by atoms with E-state index in [0.717, 1.165) is 9.80 Å². The molecule has 0 spiro atoms. The van der Waals surface area contributed by atoms with E-state index in [0.29, 0.717) is 6.42 Å². The molecule has 1 fully saturated rings. The van der Waals surface area contributed by atoms with Crippen molar-refractivity contribution in [1.82, 2.24) is 55.6 Å². The minimum Gasteiger partial charge on any atom is -0.390 e. The van der Waals surface area contributed by atoms with E-state index in [1.54, 1.807) is 53.7 Å². The van der Waals surface area contributed by atoms with Crippen molar-refractivity contribution in [3.8, 4) is 0 Å². The molecule has 1 rings (SSSR count). The van der Waals surface area contributed by atoms with Gasteiger partial charge in [0.1, 0.15) is 60.4 Å². The van der Waals surface area contributed by atoms with Gasteiger partial charge in [-0.2, -0.15) is 0 Å². The van der Waals surface area contributed by atoms with Gasteiger partial charge in [-0.1, -0.05) is 102 Å². The van der Waals surface area contributed by atoms with Crippen molar-refractivity contribution in [3.63, 3.8) is 0 Å². The normalized spacial score (nSPS) is 27.1. The minimum atomic E-state index is -1.61. The molecule has 480 valence electrons. The summed E-state index contributed by atoms with van der Waals surface area (Å²) in [6, 6.07) is -12.4. The van der Waals surface area contributed by atoms with E-state index >= 15 is 9.59 Å². The van der Waals surface area contributed by atoms with Gasteiger partial charge in [-0.25, -0.2) is 0 Å². The number of nitrogens with one attached hydrogen (secondary N) is 4. The van der Waals surface area contributed by atoms with E-state index < -0.39 is 156 Å². The monoisotopic (exact) mass is 1190 g/mol. The Morgan fingerprint density at radius 2 is 0.810 bits per heavy atom. The molecule has 0 aromatic carbocycles. The van der Waals surface area contributed by atoms with E-state index in [9.17, 15) is 48.3 Å². The van der Waals surface area contributed by atoms with E-state index in [4.69, 9.17) is 0 Å². The van der Waals surface area contributed by atoms with E-state index in [-0.39, 0.29) is 49.4 Å². The average Bonchev–Trinajstić information content (AvgIpc) is 2.58. The van der Waals surface area contributed by atoms with Crippen molar-refractivity contribution >= 4 is 65.0 Å². The van der Waals surface area contributed by atoms with Gasteiger partial charge in [-0.05, 0) is 101 Å². The number of hydrogen-bond acceptors (Lipinski definition) is 12. The highest BCUT2D eigenvalue weighted by atomic mass is 16.3. The van der Waals surface area contributed by atoms with E-state index in [1.165, 1.54) is 94.6 Å². The third kappa shape index (κ3) is 21.1. The van der Waals surface area contributed by atoms with Crippen LogP contribution >= 0.6 is 0 Å². The fourth-order valence-corrected chi connectivity index (χ4v) is 10.5. The maximum Gasteiger partial charge on any atom is 0.246 e. The molecule has 11 amide bonds. The molecule has 23 heteroatoms. The zero-order valence-electron chi connectivity index (χ0n) is 55.4. The minimum absolute atomic E-state index is 0.129. The molecule has 0 saturated carbocycles. The maximum atomic E-state index is 15.1. The van der Waals surface area contributed by atoms with Crippen molar-refractivity contribution in [3.05, 3.63) is 12.2 Å². The summed E-state index contributed by atoms with van der Waals surface area (Å²) in [7, 11) is 9.87. The largest absolute Gasteiger partial charge is 0.390 e. The molecule has 1 heterocycles. The van der Waals surface area contributed by atoms with Crippen LogP contribution in [0.3, 0.4) is 0 Å². The molecule has 0 aliphatic carbocycles. The number of nitrogens with zero attached hydrogens (tertiary/aromatic N) is 7. The Labute approximate surface area is 502 Å². The van der Waals surface area contributed by atoms with Gasteiger partial charge in [0, 0.05) is 49.3 Å². The molecule has 1 aliphatic heterocycles. The molecule has 12 unspecified atom stereocenters. The van der Waals surface area contributed by atoms with Gasteiger partial charge in [0.2, 0.25) is 65.0 Å². The fraction of sp³-hybridized carbons (Fsp3) is 0.787. The maximum absolute atomic E-state index is 15.1. The van der Waals surface area contributed by atoms with Crippen molar-refractivity contribution in [1.29, 1.82) is 0 Å². The van der Waals surface area contributed by atoms with Crippen molar-refractivity contribution in [2.24, 2.45) is 41.4 Å². The summed E-state index contributed by atoms with van der Waals surface area (Å²) >= 11 is 0. The van der Waals surface area contributed by atoms with Crippen LogP contribution in [0.1, 0.15) is 150 Å². The third-order valence-corrected chi connectivity index (χ3v) is 15.8. The zero-order chi connectivity index (χ0) is 65.3. The number of carbonyl (C=O) groups is 11. The number of likely N-dealkylation sites (N-methyl/N-ethyl adjacent to an activating group) is 7. The average molecular weight is 1190 g/mol. The molecule has 0 aromatic heterocycles. The molecule has 1 saturated heterocycles. The Morgan fingerprint density at radius 1 is 0.429 bits per heavy atom. The predicted molar refractivity (Wildman–Crippen MR) is 324 cm³/mol. The van der Waals surface area contributed by atoms with Crippen LogP contribution < -0.4 is 21.3 Å². The van der Waals surface area contributed by atoms with Gasteiger partial charge in [-0.3, -0.25) is 52.7 Å². The zero-order valence-corrected chi connectivity index (χ0v) is 55.4. The first kappa shape index (κ1) is 75.9. The fourth-order valence-electron chi connectivity index (χ4n) is 10.5. The highest BCUT2D eigenvalue weighted by Gasteiger charge is 2.45. The Kier molecular flexibility index (Phi) is 30.8. The van der Waals surface area contributed by atoms with Crippen LogP contribution in [0.15, 0.2) is 12.2 Å². The lowest BCUT2D eigenvalue weighted by Crippen LogP contribution is -2.63. The summed E-state index contributed by atoms with van der Waals surface area (Å²) in [5.74, 6) is -9.78. The van der Waals surface area contributed by atoms with Gasteiger partial charge in [0.15, 0.2) is 0 Å². The number of carbonyl (C=O) groups excluding carboxylic acids is 11. The number of rotatable bonds is 14. The van der Waals surface area contributed by atoms with Gasteiger partial charge in [0.05, 0.1) is 12.6 Å². The van der Waals surface area contributed by atoms with Crippen LogP contribution in [-0.4, -0.2) is 227 Å². The van der Waals surface area contributed by atoms with Gasteiger partial charge >= 0.3 is 0 Å². The number of allylic oxidation sites excluding steroid dienone is 2. The smallest absolute Gasteiger partial charge is 0.246 e. The van der Waals surface area contributed by atoms with Gasteiger partial charge in [-0.15, -0.1) is 0 Å². The third-order valence-electron chi connectivity index (χ3n) is 15.8. The predicted octanol–water partition coefficient (Wildman–Crippen LogP) is 2.88. The first-order valence-corrected chi connectivity index (χ1v) is 30.0. The molecule has 0 aromatic rings. The molecule has 12 atom stereocenters. The highest BCUT2D eigenvalue weighted by molar-refractivity contribution is 5.99. The lowest BCUT2D eigenvalue weighted by atomic mass is 9.91. The second-order valence-electron chi connectivity index (χ2n) is 25.9. The SMILES string of the molecule is C/C=C/CC(C)C(O)C1C(=O)NC(C)C(=O)N(C)CC(=O)N(C)C(CC(C)C)C(=O)NC(C(C)C)C(=O)N(C)C(CC(C)C)C(=O)NC(C)C(=O)NC(C)C(=O)N(C)C(CC(C)C)C(=O)N(C)C(CC(C)C)C(=O)N(C)C(C(C)C)C(=O)N1C. The van der Waals surface area contributed by atoms with Crippen LogP contribution in [-0.2, 0) is 52.7 Å². The van der Waals surface area contributed by atoms with Crippen LogP contribution in [0, 0.1) is 41.4 Å². The first-order valence-electron chi connectivity index (χ1n) is 30.0. The van der Waals surface area contributed by atoms with Gasteiger partial charge in [0.25, 0.3) is 0 Å². The molecular weight excluding hydrogens is 1080 g/mol. The highest BCUT2D eigenvalue weighted by Crippen LogP contribution is 2.25. The lowest BCUT2D eigenvalue weighted by Gasteiger charge is -2.41. The lowest BCUT2D eigenvalue weighted by molar-refractivity contribution is -0.157. The number of amides is 11. The second kappa shape index (κ2) is 34.1. The molecule has 0 bridgehead atoms. The topological polar surface area (TPSA) is 279 Å².